The second-order valence-electron chi connectivity index (χ2n) is 5.44. The average Bonchev–Trinajstić information content (AvgIpc) is 3.04. The van der Waals surface area contributed by atoms with Gasteiger partial charge in [-0.2, -0.15) is 4.31 Å². The Morgan fingerprint density at radius 1 is 1.48 bits per heavy atom. The zero-order valence-corrected chi connectivity index (χ0v) is 15.8. The van der Waals surface area contributed by atoms with Crippen LogP contribution >= 0.6 is 27.3 Å². The van der Waals surface area contributed by atoms with Crippen molar-refractivity contribution >= 4 is 37.3 Å². The van der Waals surface area contributed by atoms with Gasteiger partial charge in [0.15, 0.2) is 0 Å². The third-order valence-electron chi connectivity index (χ3n) is 3.82. The lowest BCUT2D eigenvalue weighted by Crippen LogP contribution is -2.28. The van der Waals surface area contributed by atoms with Gasteiger partial charge in [-0.3, -0.25) is 0 Å². The molecule has 1 N–H and O–H groups in total. The number of hydrogen-bond donors (Lipinski definition) is 1. The van der Waals surface area contributed by atoms with E-state index in [1.54, 1.807) is 10.4 Å². The summed E-state index contributed by atoms with van der Waals surface area (Å²) in [5.74, 6) is 0.517. The number of nitrogens with one attached hydrogen (secondary N) is 1. The Bertz CT molecular complexity index is 572. The van der Waals surface area contributed by atoms with Crippen molar-refractivity contribution in [3.8, 4) is 0 Å². The van der Waals surface area contributed by atoms with Gasteiger partial charge in [-0.25, -0.2) is 8.42 Å². The van der Waals surface area contributed by atoms with E-state index in [4.69, 9.17) is 0 Å². The van der Waals surface area contributed by atoms with Crippen LogP contribution in [0, 0.1) is 5.92 Å². The van der Waals surface area contributed by atoms with Crippen molar-refractivity contribution in [2.24, 2.45) is 5.92 Å². The van der Waals surface area contributed by atoms with Crippen LogP contribution in [0.1, 0.15) is 38.0 Å². The van der Waals surface area contributed by atoms with Gasteiger partial charge in [-0.05, 0) is 47.3 Å². The molecule has 0 spiro atoms. The van der Waals surface area contributed by atoms with Gasteiger partial charge < -0.3 is 5.32 Å². The zero-order valence-electron chi connectivity index (χ0n) is 12.6. The van der Waals surface area contributed by atoms with Crippen molar-refractivity contribution in [1.82, 2.24) is 9.62 Å². The minimum atomic E-state index is -3.36. The van der Waals surface area contributed by atoms with Gasteiger partial charge in [0.25, 0.3) is 0 Å². The molecule has 2 rings (SSSR count). The first-order valence-electron chi connectivity index (χ1n) is 7.48. The molecule has 0 aliphatic carbocycles. The minimum Gasteiger partial charge on any atom is -0.312 e. The van der Waals surface area contributed by atoms with Gasteiger partial charge >= 0.3 is 0 Å². The first kappa shape index (κ1) is 17.4. The van der Waals surface area contributed by atoms with Gasteiger partial charge in [0.05, 0.1) is 3.79 Å². The molecular weight excluding hydrogens is 372 g/mol. The predicted molar refractivity (Wildman–Crippen MR) is 91.2 cm³/mol. The Labute approximate surface area is 140 Å². The fraction of sp³-hybridized carbons (Fsp3) is 0.714. The topological polar surface area (TPSA) is 49.4 Å². The predicted octanol–water partition coefficient (Wildman–Crippen LogP) is 3.43. The molecule has 21 heavy (non-hydrogen) atoms. The molecule has 7 heteroatoms. The molecule has 1 aliphatic rings. The molecule has 1 atom stereocenters. The summed E-state index contributed by atoms with van der Waals surface area (Å²) in [5, 5.41) is 3.23. The van der Waals surface area contributed by atoms with Gasteiger partial charge in [0.1, 0.15) is 4.90 Å². The maximum Gasteiger partial charge on any atom is 0.245 e. The van der Waals surface area contributed by atoms with E-state index in [0.29, 0.717) is 34.2 Å². The van der Waals surface area contributed by atoms with E-state index < -0.39 is 10.0 Å². The molecule has 0 saturated carbocycles. The molecule has 0 aromatic carbocycles. The summed E-state index contributed by atoms with van der Waals surface area (Å²) in [7, 11) is -3.36. The summed E-state index contributed by atoms with van der Waals surface area (Å²) < 4.78 is 27.9. The second kappa shape index (κ2) is 7.55. The van der Waals surface area contributed by atoms with Crippen molar-refractivity contribution in [2.75, 3.05) is 19.6 Å². The minimum absolute atomic E-state index is 0.428. The lowest BCUT2D eigenvalue weighted by atomic mass is 10.0. The van der Waals surface area contributed by atoms with Crippen molar-refractivity contribution in [2.45, 2.75) is 44.6 Å². The maximum absolute atomic E-state index is 12.8. The van der Waals surface area contributed by atoms with Gasteiger partial charge in [0.2, 0.25) is 10.0 Å². The average molecular weight is 395 g/mol. The number of nitrogens with zero attached hydrogens (tertiary/aromatic N) is 1. The first-order valence-corrected chi connectivity index (χ1v) is 10.5. The molecule has 120 valence electrons. The van der Waals surface area contributed by atoms with Gasteiger partial charge in [0, 0.05) is 24.5 Å². The van der Waals surface area contributed by atoms with Crippen LogP contribution in [-0.4, -0.2) is 32.4 Å². The van der Waals surface area contributed by atoms with Crippen LogP contribution in [0.25, 0.3) is 0 Å². The Balaban J connectivity index is 2.14. The third kappa shape index (κ3) is 4.07. The largest absolute Gasteiger partial charge is 0.312 e. The molecule has 1 unspecified atom stereocenters. The highest BCUT2D eigenvalue weighted by Gasteiger charge is 2.34. The third-order valence-corrected chi connectivity index (χ3v) is 7.94. The molecule has 0 amide bonds. The van der Waals surface area contributed by atoms with Crippen LogP contribution in [0.3, 0.4) is 0 Å². The highest BCUT2D eigenvalue weighted by atomic mass is 79.9. The summed E-state index contributed by atoms with van der Waals surface area (Å²) in [6.07, 6.45) is 3.22. The smallest absolute Gasteiger partial charge is 0.245 e. The molecule has 1 aromatic rings. The van der Waals surface area contributed by atoms with Gasteiger partial charge in [-0.15, -0.1) is 11.3 Å². The van der Waals surface area contributed by atoms with E-state index in [0.717, 1.165) is 30.7 Å². The molecule has 1 saturated heterocycles. The summed E-state index contributed by atoms with van der Waals surface area (Å²) in [6.45, 7) is 7.10. The van der Waals surface area contributed by atoms with Crippen LogP contribution in [0.15, 0.2) is 14.7 Å². The zero-order chi connectivity index (χ0) is 15.5. The molecule has 1 aliphatic heterocycles. The van der Waals surface area contributed by atoms with E-state index in [1.165, 1.54) is 11.3 Å². The van der Waals surface area contributed by atoms with Crippen LogP contribution in [-0.2, 0) is 16.6 Å². The summed E-state index contributed by atoms with van der Waals surface area (Å²) in [5.41, 5.74) is 0. The standard InChI is InChI=1S/C14H23BrN2O2S2/c1-3-5-11-6-7-17(10-11)21(18,19)13-8-12(9-16-4-2)20-14(13)15/h8,11,16H,3-7,9-10H2,1-2H3. The van der Waals surface area contributed by atoms with Crippen LogP contribution in [0.5, 0.6) is 0 Å². The van der Waals surface area contributed by atoms with Crippen molar-refractivity contribution in [1.29, 1.82) is 0 Å². The summed E-state index contributed by atoms with van der Waals surface area (Å²) >= 11 is 4.92. The van der Waals surface area contributed by atoms with Crippen molar-refractivity contribution in [3.05, 3.63) is 14.7 Å². The Morgan fingerprint density at radius 3 is 2.90 bits per heavy atom. The molecule has 1 fully saturated rings. The van der Waals surface area contributed by atoms with E-state index in [9.17, 15) is 8.42 Å². The Hall–Kier alpha value is 0.0500. The van der Waals surface area contributed by atoms with Crippen molar-refractivity contribution < 1.29 is 8.42 Å². The number of sulfonamides is 1. The van der Waals surface area contributed by atoms with Gasteiger partial charge in [-0.1, -0.05) is 20.3 Å². The lowest BCUT2D eigenvalue weighted by molar-refractivity contribution is 0.444. The highest BCUT2D eigenvalue weighted by Crippen LogP contribution is 2.35. The van der Waals surface area contributed by atoms with Crippen LogP contribution in [0.4, 0.5) is 0 Å². The lowest BCUT2D eigenvalue weighted by Gasteiger charge is -2.16. The van der Waals surface area contributed by atoms with Crippen LogP contribution in [0.2, 0.25) is 0 Å². The molecule has 2 heterocycles. The maximum atomic E-state index is 12.8. The fourth-order valence-electron chi connectivity index (χ4n) is 2.71. The van der Waals surface area contributed by atoms with Crippen molar-refractivity contribution in [3.63, 3.8) is 0 Å². The number of hydrogen-bond acceptors (Lipinski definition) is 4. The molecular formula is C14H23BrN2O2S2. The quantitative estimate of drug-likeness (QED) is 0.770. The highest BCUT2D eigenvalue weighted by molar-refractivity contribution is 9.11. The number of rotatable bonds is 7. The molecule has 0 bridgehead atoms. The van der Waals surface area contributed by atoms with E-state index in [1.807, 2.05) is 6.92 Å². The van der Waals surface area contributed by atoms with E-state index in [-0.39, 0.29) is 0 Å². The number of thiophene rings is 1. The Morgan fingerprint density at radius 2 is 2.24 bits per heavy atom. The number of halogens is 1. The monoisotopic (exact) mass is 394 g/mol. The molecule has 4 nitrogen and oxygen atoms in total. The van der Waals surface area contributed by atoms with E-state index >= 15 is 0 Å². The SMILES string of the molecule is CCCC1CCN(S(=O)(=O)c2cc(CNCC)sc2Br)C1. The van der Waals surface area contributed by atoms with Crippen LogP contribution < -0.4 is 5.32 Å². The summed E-state index contributed by atoms with van der Waals surface area (Å²) in [4.78, 5) is 1.48. The second-order valence-corrected chi connectivity index (χ2v) is 9.80. The normalized spacial score (nSPS) is 20.2. The Kier molecular flexibility index (Phi) is 6.25. The fourth-order valence-corrected chi connectivity index (χ4v) is 6.84. The van der Waals surface area contributed by atoms with E-state index in [2.05, 4.69) is 28.2 Å². The summed E-state index contributed by atoms with van der Waals surface area (Å²) in [6, 6.07) is 1.81. The first-order chi connectivity index (χ1) is 9.98. The molecule has 0 radical (unpaired) electrons. The molecule has 1 aromatic heterocycles.